The molecule has 0 radical (unpaired) electrons. The summed E-state index contributed by atoms with van der Waals surface area (Å²) in [6, 6.07) is 0. The molecule has 0 aromatic heterocycles. The third kappa shape index (κ3) is 51.2. The van der Waals surface area contributed by atoms with Crippen molar-refractivity contribution in [1.29, 1.82) is 0 Å². The summed E-state index contributed by atoms with van der Waals surface area (Å²) in [4.78, 5) is 24.4. The Kier molecular flexibility index (Phi) is 51.0. The van der Waals surface area contributed by atoms with E-state index in [-0.39, 0.29) is 25.2 Å². The van der Waals surface area contributed by atoms with Gasteiger partial charge in [0.2, 0.25) is 0 Å². The normalized spacial score (nSPS) is 13.1. The van der Waals surface area contributed by atoms with Gasteiger partial charge in [0.25, 0.3) is 0 Å². The Morgan fingerprint density at radius 2 is 0.672 bits per heavy atom. The van der Waals surface area contributed by atoms with Gasteiger partial charge in [0.1, 0.15) is 6.61 Å². The van der Waals surface area contributed by atoms with Crippen molar-refractivity contribution >= 4 is 11.9 Å². The number of ether oxygens (including phenoxy) is 2. The lowest BCUT2D eigenvalue weighted by atomic mass is 10.0. The molecule has 0 aliphatic carbocycles. The fraction of sp³-hybridized carbons (Fsp3) is 0.661. The van der Waals surface area contributed by atoms with Crippen molar-refractivity contribution in [3.05, 3.63) is 109 Å². The number of unbranched alkanes of at least 4 members (excludes halogenated alkanes) is 21. The summed E-state index contributed by atoms with van der Waals surface area (Å²) in [5.41, 5.74) is 0. The van der Waals surface area contributed by atoms with Gasteiger partial charge in [0.15, 0.2) is 6.10 Å². The lowest BCUT2D eigenvalue weighted by molar-refractivity contribution is -0.161. The van der Waals surface area contributed by atoms with Crippen molar-refractivity contribution in [3.8, 4) is 0 Å². The minimum absolute atomic E-state index is 0.0705. The van der Waals surface area contributed by atoms with Crippen LogP contribution in [0, 0.1) is 0 Å². The van der Waals surface area contributed by atoms with Gasteiger partial charge in [-0.25, -0.2) is 0 Å². The maximum Gasteiger partial charge on any atom is 0.306 e. The first-order valence-corrected chi connectivity index (χ1v) is 26.4. The molecular weight excluding hydrogens is 789 g/mol. The number of esters is 2. The predicted molar refractivity (Wildman–Crippen MR) is 279 cm³/mol. The highest BCUT2D eigenvalue weighted by Gasteiger charge is 2.16. The standard InChI is InChI=1S/C59H98O5/c1-3-5-7-9-11-13-15-17-18-19-20-21-22-23-24-25-26-27-28-29-30-31-32-33-34-35-36-37-38-39-40-42-44-46-48-50-52-54-59(62)64-57(55-60)56-63-58(61)53-51-49-47-45-43-41-16-14-12-10-8-6-4-2/h5,7,11,13,17-18,20-21,23-24,26-27,29-30,32-33,35-36,57,60H,3-4,6,8-10,12,14-16,19,22,25,28,31,34,37-56H2,1-2H3/b7-5-,13-11-,18-17-,21-20-,24-23-,27-26-,30-29-,33-32-,36-35-. The molecule has 1 N–H and O–H groups in total. The molecular formula is C59H98O5. The highest BCUT2D eigenvalue weighted by Crippen LogP contribution is 2.15. The van der Waals surface area contributed by atoms with Crippen LogP contribution in [0.25, 0.3) is 0 Å². The van der Waals surface area contributed by atoms with Crippen LogP contribution < -0.4 is 0 Å². The average molecular weight is 887 g/mol. The summed E-state index contributed by atoms with van der Waals surface area (Å²) in [6.45, 7) is 4.02. The number of carbonyl (C=O) groups excluding carboxylic acids is 2. The van der Waals surface area contributed by atoms with Crippen LogP contribution in [0.4, 0.5) is 0 Å². The Morgan fingerprint density at radius 1 is 0.375 bits per heavy atom. The Bertz CT molecular complexity index is 1280. The van der Waals surface area contributed by atoms with Gasteiger partial charge in [-0.1, -0.05) is 245 Å². The second-order valence-corrected chi connectivity index (χ2v) is 17.2. The topological polar surface area (TPSA) is 72.8 Å². The number of carbonyl (C=O) groups is 2. The lowest BCUT2D eigenvalue weighted by Crippen LogP contribution is -2.28. The third-order valence-electron chi connectivity index (χ3n) is 11.1. The Balaban J connectivity index is 3.58. The van der Waals surface area contributed by atoms with Crippen molar-refractivity contribution in [3.63, 3.8) is 0 Å². The summed E-state index contributed by atoms with van der Waals surface area (Å²) >= 11 is 0. The van der Waals surface area contributed by atoms with E-state index in [2.05, 4.69) is 123 Å². The monoisotopic (exact) mass is 887 g/mol. The van der Waals surface area contributed by atoms with Crippen LogP contribution in [0.15, 0.2) is 109 Å². The van der Waals surface area contributed by atoms with Crippen LogP contribution in [0.2, 0.25) is 0 Å². The van der Waals surface area contributed by atoms with Crippen LogP contribution in [0.5, 0.6) is 0 Å². The first kappa shape index (κ1) is 60.6. The number of rotatable bonds is 47. The van der Waals surface area contributed by atoms with E-state index >= 15 is 0 Å². The summed E-state index contributed by atoms with van der Waals surface area (Å²) in [7, 11) is 0. The fourth-order valence-corrected chi connectivity index (χ4v) is 7.14. The number of aliphatic hydroxyl groups is 1. The van der Waals surface area contributed by atoms with Crippen LogP contribution in [-0.4, -0.2) is 36.4 Å². The molecule has 364 valence electrons. The zero-order chi connectivity index (χ0) is 46.3. The summed E-state index contributed by atoms with van der Waals surface area (Å²) in [5, 5.41) is 9.61. The van der Waals surface area contributed by atoms with Crippen molar-refractivity contribution in [2.75, 3.05) is 13.2 Å². The molecule has 0 aliphatic rings. The summed E-state index contributed by atoms with van der Waals surface area (Å²) < 4.78 is 10.7. The Morgan fingerprint density at radius 3 is 1.02 bits per heavy atom. The van der Waals surface area contributed by atoms with E-state index < -0.39 is 6.10 Å². The maximum atomic E-state index is 12.3. The first-order chi connectivity index (χ1) is 31.6. The number of allylic oxidation sites excluding steroid dienone is 18. The molecule has 0 aromatic rings. The lowest BCUT2D eigenvalue weighted by Gasteiger charge is -2.15. The van der Waals surface area contributed by atoms with Crippen molar-refractivity contribution < 1.29 is 24.2 Å². The number of hydrogen-bond donors (Lipinski definition) is 1. The Hall–Kier alpha value is -3.44. The zero-order valence-electron chi connectivity index (χ0n) is 41.5. The summed E-state index contributed by atoms with van der Waals surface area (Å²) in [6.07, 6.45) is 77.6. The van der Waals surface area contributed by atoms with Crippen LogP contribution >= 0.6 is 0 Å². The molecule has 0 spiro atoms. The highest BCUT2D eigenvalue weighted by molar-refractivity contribution is 5.70. The van der Waals surface area contributed by atoms with Gasteiger partial charge in [-0.2, -0.15) is 0 Å². The van der Waals surface area contributed by atoms with Gasteiger partial charge in [0.05, 0.1) is 6.61 Å². The molecule has 64 heavy (non-hydrogen) atoms. The quantitative estimate of drug-likeness (QED) is 0.0374. The molecule has 0 bridgehead atoms. The van der Waals surface area contributed by atoms with Gasteiger partial charge in [-0.15, -0.1) is 0 Å². The van der Waals surface area contributed by atoms with E-state index in [4.69, 9.17) is 9.47 Å². The number of aliphatic hydroxyl groups excluding tert-OH is 1. The van der Waals surface area contributed by atoms with Gasteiger partial charge in [0, 0.05) is 12.8 Å². The van der Waals surface area contributed by atoms with Crippen molar-refractivity contribution in [1.82, 2.24) is 0 Å². The van der Waals surface area contributed by atoms with Crippen molar-refractivity contribution in [2.45, 2.75) is 238 Å². The minimum Gasteiger partial charge on any atom is -0.462 e. The zero-order valence-corrected chi connectivity index (χ0v) is 41.5. The van der Waals surface area contributed by atoms with E-state index in [1.54, 1.807) is 0 Å². The van der Waals surface area contributed by atoms with E-state index in [9.17, 15) is 14.7 Å². The predicted octanol–water partition coefficient (Wildman–Crippen LogP) is 17.7. The fourth-order valence-electron chi connectivity index (χ4n) is 7.14. The Labute approximate surface area is 395 Å². The molecule has 0 aromatic carbocycles. The van der Waals surface area contributed by atoms with Gasteiger partial charge in [-0.3, -0.25) is 9.59 Å². The molecule has 0 heterocycles. The minimum atomic E-state index is -0.779. The largest absolute Gasteiger partial charge is 0.462 e. The maximum absolute atomic E-state index is 12.3. The molecule has 5 nitrogen and oxygen atoms in total. The van der Waals surface area contributed by atoms with Crippen LogP contribution in [0.3, 0.4) is 0 Å². The molecule has 0 fully saturated rings. The molecule has 0 saturated heterocycles. The van der Waals surface area contributed by atoms with Gasteiger partial charge >= 0.3 is 11.9 Å². The third-order valence-corrected chi connectivity index (χ3v) is 11.1. The van der Waals surface area contributed by atoms with Gasteiger partial charge in [-0.05, 0) is 83.5 Å². The average Bonchev–Trinajstić information content (AvgIpc) is 3.30. The SMILES string of the molecule is CC/C=C\C/C=C\C/C=C\C/C=C\C/C=C\C/C=C\C/C=C\C/C=C\C/C=C\CCCCCCCCCCCC(=O)OC(CO)COC(=O)CCCCCCCCCCCCCCC. The van der Waals surface area contributed by atoms with E-state index in [1.165, 1.54) is 103 Å². The molecule has 5 heteroatoms. The van der Waals surface area contributed by atoms with Crippen molar-refractivity contribution in [2.24, 2.45) is 0 Å². The van der Waals surface area contributed by atoms with E-state index in [0.29, 0.717) is 12.8 Å². The smallest absolute Gasteiger partial charge is 0.306 e. The molecule has 0 amide bonds. The second kappa shape index (κ2) is 53.9. The molecule has 0 saturated carbocycles. The van der Waals surface area contributed by atoms with Crippen LogP contribution in [-0.2, 0) is 19.1 Å². The van der Waals surface area contributed by atoms with E-state index in [0.717, 1.165) is 103 Å². The van der Waals surface area contributed by atoms with Crippen LogP contribution in [0.1, 0.15) is 232 Å². The molecule has 0 rings (SSSR count). The molecule has 1 atom stereocenters. The summed E-state index contributed by atoms with van der Waals surface area (Å²) in [5.74, 6) is -0.598. The second-order valence-electron chi connectivity index (χ2n) is 17.2. The number of hydrogen-bond acceptors (Lipinski definition) is 5. The van der Waals surface area contributed by atoms with Gasteiger partial charge < -0.3 is 14.6 Å². The van der Waals surface area contributed by atoms with E-state index in [1.807, 2.05) is 0 Å². The first-order valence-electron chi connectivity index (χ1n) is 26.4. The molecule has 1 unspecified atom stereocenters. The highest BCUT2D eigenvalue weighted by atomic mass is 16.6. The molecule has 0 aliphatic heterocycles.